The van der Waals surface area contributed by atoms with Crippen LogP contribution in [0.2, 0.25) is 0 Å². The summed E-state index contributed by atoms with van der Waals surface area (Å²) in [5, 5.41) is 12.1. The first-order valence-electron chi connectivity index (χ1n) is 6.99. The molecule has 1 saturated heterocycles. The average Bonchev–Trinajstić information content (AvgIpc) is 2.49. The third-order valence-electron chi connectivity index (χ3n) is 3.68. The second kappa shape index (κ2) is 8.63. The number of carboxylic acid groups (broad SMARTS) is 1. The summed E-state index contributed by atoms with van der Waals surface area (Å²) in [5.74, 6) is -0.890. The van der Waals surface area contributed by atoms with Crippen molar-refractivity contribution in [2.75, 3.05) is 46.6 Å². The Hall–Kier alpha value is -1.60. The number of nitrogens with zero attached hydrogens (tertiary/aromatic N) is 1. The van der Waals surface area contributed by atoms with Crippen LogP contribution in [0.3, 0.4) is 0 Å². The first-order valence-corrected chi connectivity index (χ1v) is 6.99. The summed E-state index contributed by atoms with van der Waals surface area (Å²) in [6.45, 7) is 5.75. The molecule has 2 amide bonds. The number of hydrogen-bond acceptors (Lipinski definition) is 4. The third-order valence-corrected chi connectivity index (χ3v) is 3.68. The predicted octanol–water partition coefficient (Wildman–Crippen LogP) is 0.712. The Bertz CT molecular complexity index is 366. The molecular weight excluding hydrogens is 276 g/mol. The molecule has 1 fully saturated rings. The summed E-state index contributed by atoms with van der Waals surface area (Å²) in [6.07, 6.45) is 2.43. The van der Waals surface area contributed by atoms with E-state index >= 15 is 0 Å². The van der Waals surface area contributed by atoms with E-state index in [9.17, 15) is 14.7 Å². The molecule has 7 heteroatoms. The molecule has 0 saturated carbocycles. The van der Waals surface area contributed by atoms with Crippen LogP contribution in [0, 0.1) is 5.41 Å². The molecule has 0 atom stereocenters. The summed E-state index contributed by atoms with van der Waals surface area (Å²) in [7, 11) is 1.56. The Morgan fingerprint density at radius 1 is 1.48 bits per heavy atom. The van der Waals surface area contributed by atoms with E-state index in [1.165, 1.54) is 4.90 Å². The van der Waals surface area contributed by atoms with Crippen LogP contribution >= 0.6 is 0 Å². The van der Waals surface area contributed by atoms with E-state index in [1.807, 2.05) is 0 Å². The maximum Gasteiger partial charge on any atom is 0.317 e. The summed E-state index contributed by atoms with van der Waals surface area (Å²) in [6, 6.07) is -0.306. The highest BCUT2D eigenvalue weighted by Gasteiger charge is 2.40. The van der Waals surface area contributed by atoms with Crippen LogP contribution in [0.4, 0.5) is 4.79 Å². The molecule has 2 N–H and O–H groups in total. The van der Waals surface area contributed by atoms with Gasteiger partial charge in [-0.05, 0) is 12.8 Å². The standard InChI is InChI=1S/C14H24N2O5/c1-3-6-16(7-10-20-2)13(19)15-11-14(12(17)18)4-8-21-9-5-14/h3H,1,4-11H2,2H3,(H,15,19)(H,17,18). The number of carbonyl (C=O) groups excluding carboxylic acids is 1. The predicted molar refractivity (Wildman–Crippen MR) is 77.2 cm³/mol. The van der Waals surface area contributed by atoms with Gasteiger partial charge in [0, 0.05) is 40.0 Å². The maximum absolute atomic E-state index is 12.1. The number of hydrogen-bond donors (Lipinski definition) is 2. The number of carboxylic acids is 1. The first kappa shape index (κ1) is 17.5. The Balaban J connectivity index is 2.58. The highest BCUT2D eigenvalue weighted by Crippen LogP contribution is 2.30. The van der Waals surface area contributed by atoms with Crippen molar-refractivity contribution in [3.8, 4) is 0 Å². The molecule has 0 aliphatic carbocycles. The summed E-state index contributed by atoms with van der Waals surface area (Å²) in [5.41, 5.74) is -0.936. The molecule has 1 heterocycles. The number of aliphatic carboxylic acids is 1. The zero-order chi connectivity index (χ0) is 15.7. The van der Waals surface area contributed by atoms with Crippen molar-refractivity contribution in [1.29, 1.82) is 0 Å². The van der Waals surface area contributed by atoms with E-state index in [0.717, 1.165) is 0 Å². The van der Waals surface area contributed by atoms with Gasteiger partial charge in [-0.2, -0.15) is 0 Å². The number of ether oxygens (including phenoxy) is 2. The quantitative estimate of drug-likeness (QED) is 0.645. The molecular formula is C14H24N2O5. The van der Waals surface area contributed by atoms with Crippen LogP contribution in [0.1, 0.15) is 12.8 Å². The average molecular weight is 300 g/mol. The van der Waals surface area contributed by atoms with E-state index in [1.54, 1.807) is 13.2 Å². The highest BCUT2D eigenvalue weighted by atomic mass is 16.5. The van der Waals surface area contributed by atoms with Crippen molar-refractivity contribution in [1.82, 2.24) is 10.2 Å². The number of nitrogens with one attached hydrogen (secondary N) is 1. The van der Waals surface area contributed by atoms with Crippen molar-refractivity contribution >= 4 is 12.0 Å². The number of urea groups is 1. The van der Waals surface area contributed by atoms with Gasteiger partial charge in [-0.1, -0.05) is 6.08 Å². The lowest BCUT2D eigenvalue weighted by Gasteiger charge is -2.34. The summed E-state index contributed by atoms with van der Waals surface area (Å²) in [4.78, 5) is 25.2. The second-order valence-electron chi connectivity index (χ2n) is 5.08. The van der Waals surface area contributed by atoms with E-state index in [-0.39, 0.29) is 12.6 Å². The zero-order valence-electron chi connectivity index (χ0n) is 12.5. The fourth-order valence-electron chi connectivity index (χ4n) is 2.22. The lowest BCUT2D eigenvalue weighted by molar-refractivity contribution is -0.154. The van der Waals surface area contributed by atoms with E-state index in [2.05, 4.69) is 11.9 Å². The number of methoxy groups -OCH3 is 1. The van der Waals surface area contributed by atoms with Gasteiger partial charge >= 0.3 is 12.0 Å². The smallest absolute Gasteiger partial charge is 0.317 e. The van der Waals surface area contributed by atoms with Crippen LogP contribution < -0.4 is 5.32 Å². The molecule has 21 heavy (non-hydrogen) atoms. The van der Waals surface area contributed by atoms with Crippen molar-refractivity contribution < 1.29 is 24.2 Å². The zero-order valence-corrected chi connectivity index (χ0v) is 12.5. The van der Waals surface area contributed by atoms with Crippen molar-refractivity contribution in [2.24, 2.45) is 5.41 Å². The van der Waals surface area contributed by atoms with Crippen LogP contribution in [0.5, 0.6) is 0 Å². The van der Waals surface area contributed by atoms with Gasteiger partial charge in [-0.15, -0.1) is 6.58 Å². The van der Waals surface area contributed by atoms with Crippen molar-refractivity contribution in [2.45, 2.75) is 12.8 Å². The highest BCUT2D eigenvalue weighted by molar-refractivity contribution is 5.78. The van der Waals surface area contributed by atoms with Crippen LogP contribution in [-0.4, -0.2) is 68.6 Å². The molecule has 1 rings (SSSR count). The van der Waals surface area contributed by atoms with Gasteiger partial charge in [0.15, 0.2) is 0 Å². The van der Waals surface area contributed by atoms with Gasteiger partial charge in [-0.3, -0.25) is 4.79 Å². The SMILES string of the molecule is C=CCN(CCOC)C(=O)NCC1(C(=O)O)CCOCC1. The van der Waals surface area contributed by atoms with Crippen LogP contribution in [0.25, 0.3) is 0 Å². The molecule has 0 aromatic rings. The molecule has 0 radical (unpaired) electrons. The van der Waals surface area contributed by atoms with Gasteiger partial charge in [0.05, 0.1) is 12.0 Å². The molecule has 0 aromatic heterocycles. The minimum atomic E-state index is -0.936. The maximum atomic E-state index is 12.1. The molecule has 0 spiro atoms. The van der Waals surface area contributed by atoms with Gasteiger partial charge < -0.3 is 24.8 Å². The number of rotatable bonds is 8. The Kier molecular flexibility index (Phi) is 7.18. The van der Waals surface area contributed by atoms with E-state index in [4.69, 9.17) is 9.47 Å². The fraction of sp³-hybridized carbons (Fsp3) is 0.714. The monoisotopic (exact) mass is 300 g/mol. The van der Waals surface area contributed by atoms with Gasteiger partial charge in [-0.25, -0.2) is 4.79 Å². The molecule has 0 unspecified atom stereocenters. The van der Waals surface area contributed by atoms with Crippen LogP contribution in [-0.2, 0) is 14.3 Å². The van der Waals surface area contributed by atoms with Crippen molar-refractivity contribution in [3.05, 3.63) is 12.7 Å². The van der Waals surface area contributed by atoms with E-state index < -0.39 is 11.4 Å². The topological polar surface area (TPSA) is 88.1 Å². The largest absolute Gasteiger partial charge is 0.481 e. The number of carbonyl (C=O) groups is 2. The lowest BCUT2D eigenvalue weighted by Crippen LogP contribution is -2.50. The normalized spacial score (nSPS) is 17.0. The summed E-state index contributed by atoms with van der Waals surface area (Å²) < 4.78 is 10.2. The molecule has 1 aliphatic rings. The van der Waals surface area contributed by atoms with Gasteiger partial charge in [0.1, 0.15) is 0 Å². The third kappa shape index (κ3) is 5.02. The molecule has 7 nitrogen and oxygen atoms in total. The Labute approximate surface area is 124 Å². The summed E-state index contributed by atoms with van der Waals surface area (Å²) >= 11 is 0. The van der Waals surface area contributed by atoms with Gasteiger partial charge in [0.25, 0.3) is 0 Å². The molecule has 1 aliphatic heterocycles. The minimum Gasteiger partial charge on any atom is -0.481 e. The first-order chi connectivity index (χ1) is 10.1. The van der Waals surface area contributed by atoms with Crippen LogP contribution in [0.15, 0.2) is 12.7 Å². The Morgan fingerprint density at radius 2 is 2.14 bits per heavy atom. The number of amides is 2. The fourth-order valence-corrected chi connectivity index (χ4v) is 2.22. The van der Waals surface area contributed by atoms with E-state index in [0.29, 0.717) is 45.8 Å². The Morgan fingerprint density at radius 3 is 2.67 bits per heavy atom. The van der Waals surface area contributed by atoms with Crippen molar-refractivity contribution in [3.63, 3.8) is 0 Å². The second-order valence-corrected chi connectivity index (χ2v) is 5.08. The molecule has 0 aromatic carbocycles. The molecule has 120 valence electrons. The van der Waals surface area contributed by atoms with Gasteiger partial charge in [0.2, 0.25) is 0 Å². The molecule has 0 bridgehead atoms. The minimum absolute atomic E-state index is 0.102. The lowest BCUT2D eigenvalue weighted by atomic mass is 9.80.